The molecule has 1 spiro atoms. The molecule has 1 fully saturated rings. The van der Waals surface area contributed by atoms with E-state index in [1.54, 1.807) is 30.3 Å². The minimum Gasteiger partial charge on any atom is -0.508 e. The van der Waals surface area contributed by atoms with Crippen LogP contribution in [0.4, 0.5) is 0 Å². The zero-order valence-electron chi connectivity index (χ0n) is 19.5. The minimum atomic E-state index is -0.790. The van der Waals surface area contributed by atoms with Crippen LogP contribution in [0.15, 0.2) is 54.9 Å². The van der Waals surface area contributed by atoms with Crippen molar-refractivity contribution in [1.82, 2.24) is 21.3 Å². The summed E-state index contributed by atoms with van der Waals surface area (Å²) in [5.74, 6) is -0.0759. The van der Waals surface area contributed by atoms with E-state index >= 15 is 0 Å². The molecule has 0 aromatic heterocycles. The molecule has 0 bridgehead atoms. The lowest BCUT2D eigenvalue weighted by molar-refractivity contribution is -0.124. The van der Waals surface area contributed by atoms with Crippen LogP contribution in [0.3, 0.4) is 0 Å². The zero-order chi connectivity index (χ0) is 25.0. The molecule has 1 unspecified atom stereocenters. The molecule has 1 aliphatic heterocycles. The molecular weight excluding hydrogens is 446 g/mol. The maximum absolute atomic E-state index is 13.1. The second-order valence-corrected chi connectivity index (χ2v) is 9.13. The molecule has 1 saturated heterocycles. The van der Waals surface area contributed by atoms with E-state index in [0.717, 1.165) is 16.7 Å². The Hall–Kier alpha value is -3.85. The second kappa shape index (κ2) is 10.2. The van der Waals surface area contributed by atoms with Crippen molar-refractivity contribution in [3.8, 4) is 5.75 Å². The number of phenolic OH excluding ortho intramolecular Hbond substituents is 1. The summed E-state index contributed by atoms with van der Waals surface area (Å²) in [7, 11) is 0. The van der Waals surface area contributed by atoms with Crippen molar-refractivity contribution in [1.29, 1.82) is 0 Å². The molecule has 1 heterocycles. The number of benzene rings is 2. The number of carbonyl (C=O) groups excluding carboxylic acids is 3. The molecule has 9 heteroatoms. The molecule has 3 amide bonds. The van der Waals surface area contributed by atoms with Gasteiger partial charge in [0.15, 0.2) is 0 Å². The van der Waals surface area contributed by atoms with Crippen LogP contribution < -0.4 is 27.0 Å². The summed E-state index contributed by atoms with van der Waals surface area (Å²) in [5.41, 5.74) is 8.11. The monoisotopic (exact) mass is 477 g/mol. The van der Waals surface area contributed by atoms with E-state index in [4.69, 9.17) is 5.73 Å². The Labute approximate surface area is 204 Å². The molecule has 2 aromatic rings. The standard InChI is InChI=1S/C26H31N5O4/c1-16-29-25(35)26(31-16)10-9-18-14-19(5-6-20(18)15-26)23(33)30-22(24(34)28-12-2-11-27)13-17-3-7-21(32)8-4-17/h3-8,14,22,31-32H,1-2,9-13,15,27H2,(H,28,34)(H,29,35)(H,30,33)/t22-,26?/m1/s1. The highest BCUT2D eigenvalue weighted by atomic mass is 16.3. The smallest absolute Gasteiger partial charge is 0.251 e. The van der Waals surface area contributed by atoms with Gasteiger partial charge in [0.05, 0.1) is 5.82 Å². The highest BCUT2D eigenvalue weighted by molar-refractivity contribution is 5.98. The average molecular weight is 478 g/mol. The van der Waals surface area contributed by atoms with Crippen LogP contribution in [0, 0.1) is 0 Å². The fraction of sp³-hybridized carbons (Fsp3) is 0.346. The lowest BCUT2D eigenvalue weighted by Gasteiger charge is -2.32. The first kappa shape index (κ1) is 24.3. The number of amides is 3. The molecule has 2 atom stereocenters. The molecule has 2 aliphatic rings. The first-order valence-corrected chi connectivity index (χ1v) is 11.8. The molecule has 0 radical (unpaired) electrons. The van der Waals surface area contributed by atoms with Gasteiger partial charge in [0.2, 0.25) is 5.91 Å². The minimum absolute atomic E-state index is 0.0762. The summed E-state index contributed by atoms with van der Waals surface area (Å²) in [4.78, 5) is 38.4. The van der Waals surface area contributed by atoms with Crippen LogP contribution in [0.5, 0.6) is 5.75 Å². The SMILES string of the molecule is C=C1NC(=O)C2(CCc3cc(C(=O)N[C@H](Cc4ccc(O)cc4)C(=O)NCCCN)ccc3C2)N1. The van der Waals surface area contributed by atoms with Gasteiger partial charge in [-0.15, -0.1) is 0 Å². The van der Waals surface area contributed by atoms with Crippen molar-refractivity contribution >= 4 is 17.7 Å². The van der Waals surface area contributed by atoms with E-state index in [-0.39, 0.29) is 29.9 Å². The van der Waals surface area contributed by atoms with E-state index in [1.165, 1.54) is 0 Å². The van der Waals surface area contributed by atoms with Crippen molar-refractivity contribution in [3.63, 3.8) is 0 Å². The number of nitrogens with two attached hydrogens (primary N) is 1. The van der Waals surface area contributed by atoms with E-state index in [2.05, 4.69) is 27.8 Å². The summed E-state index contributed by atoms with van der Waals surface area (Å²) in [6.07, 6.45) is 2.67. The molecule has 2 aromatic carbocycles. The van der Waals surface area contributed by atoms with Crippen molar-refractivity contribution in [2.24, 2.45) is 5.73 Å². The van der Waals surface area contributed by atoms with Gasteiger partial charge in [0, 0.05) is 24.9 Å². The normalized spacial score (nSPS) is 19.5. The van der Waals surface area contributed by atoms with Crippen LogP contribution in [0.25, 0.3) is 0 Å². The van der Waals surface area contributed by atoms with Gasteiger partial charge >= 0.3 is 0 Å². The maximum atomic E-state index is 13.1. The highest BCUT2D eigenvalue weighted by Crippen LogP contribution is 2.32. The van der Waals surface area contributed by atoms with Crippen molar-refractivity contribution in [3.05, 3.63) is 77.1 Å². The van der Waals surface area contributed by atoms with E-state index in [9.17, 15) is 19.5 Å². The van der Waals surface area contributed by atoms with Gasteiger partial charge in [0.1, 0.15) is 17.3 Å². The number of aromatic hydroxyl groups is 1. The third kappa shape index (κ3) is 5.46. The maximum Gasteiger partial charge on any atom is 0.251 e. The van der Waals surface area contributed by atoms with Crippen LogP contribution in [0.1, 0.15) is 39.9 Å². The summed E-state index contributed by atoms with van der Waals surface area (Å²) in [5, 5.41) is 21.1. The molecular formula is C26H31N5O4. The Balaban J connectivity index is 1.48. The van der Waals surface area contributed by atoms with E-state index in [0.29, 0.717) is 50.2 Å². The van der Waals surface area contributed by atoms with Crippen molar-refractivity contribution < 1.29 is 19.5 Å². The lowest BCUT2D eigenvalue weighted by atomic mass is 9.77. The Bertz CT molecular complexity index is 1150. The predicted octanol–water partition coefficient (Wildman–Crippen LogP) is 0.616. The Morgan fingerprint density at radius 3 is 2.63 bits per heavy atom. The van der Waals surface area contributed by atoms with Gasteiger partial charge in [-0.3, -0.25) is 14.4 Å². The number of hydrogen-bond acceptors (Lipinski definition) is 6. The molecule has 1 aliphatic carbocycles. The molecule has 35 heavy (non-hydrogen) atoms. The Morgan fingerprint density at radius 2 is 1.94 bits per heavy atom. The van der Waals surface area contributed by atoms with Gasteiger partial charge in [-0.1, -0.05) is 24.8 Å². The quantitative estimate of drug-likeness (QED) is 0.307. The lowest BCUT2D eigenvalue weighted by Crippen LogP contribution is -2.50. The first-order chi connectivity index (χ1) is 16.8. The molecule has 4 rings (SSSR count). The fourth-order valence-corrected chi connectivity index (χ4v) is 4.62. The summed E-state index contributed by atoms with van der Waals surface area (Å²) < 4.78 is 0. The van der Waals surface area contributed by atoms with Gasteiger partial charge in [-0.05, 0) is 66.8 Å². The molecule has 9 nitrogen and oxygen atoms in total. The number of hydrogen-bond donors (Lipinski definition) is 6. The summed E-state index contributed by atoms with van der Waals surface area (Å²) in [6.45, 7) is 4.68. The van der Waals surface area contributed by atoms with Gasteiger partial charge in [-0.25, -0.2) is 0 Å². The van der Waals surface area contributed by atoms with E-state index < -0.39 is 11.6 Å². The number of carbonyl (C=O) groups is 3. The van der Waals surface area contributed by atoms with Gasteiger partial charge in [0.25, 0.3) is 11.8 Å². The van der Waals surface area contributed by atoms with Crippen LogP contribution in [-0.4, -0.2) is 47.5 Å². The van der Waals surface area contributed by atoms with Crippen LogP contribution in [0.2, 0.25) is 0 Å². The predicted molar refractivity (Wildman–Crippen MR) is 131 cm³/mol. The highest BCUT2D eigenvalue weighted by Gasteiger charge is 2.45. The topological polar surface area (TPSA) is 146 Å². The number of rotatable bonds is 8. The molecule has 7 N–H and O–H groups in total. The van der Waals surface area contributed by atoms with Crippen molar-refractivity contribution in [2.75, 3.05) is 13.1 Å². The fourth-order valence-electron chi connectivity index (χ4n) is 4.62. The average Bonchev–Trinajstić information content (AvgIpc) is 3.11. The third-order valence-corrected chi connectivity index (χ3v) is 6.55. The van der Waals surface area contributed by atoms with Gasteiger partial charge in [-0.2, -0.15) is 0 Å². The summed E-state index contributed by atoms with van der Waals surface area (Å²) in [6, 6.07) is 11.2. The van der Waals surface area contributed by atoms with Gasteiger partial charge < -0.3 is 32.1 Å². The first-order valence-electron chi connectivity index (χ1n) is 11.8. The summed E-state index contributed by atoms with van der Waals surface area (Å²) >= 11 is 0. The third-order valence-electron chi connectivity index (χ3n) is 6.55. The molecule has 184 valence electrons. The number of fused-ring (bicyclic) bond motifs is 1. The van der Waals surface area contributed by atoms with Crippen LogP contribution in [-0.2, 0) is 28.9 Å². The van der Waals surface area contributed by atoms with Crippen molar-refractivity contribution in [2.45, 2.75) is 43.7 Å². The number of aryl methyl sites for hydroxylation is 1. The second-order valence-electron chi connectivity index (χ2n) is 9.13. The van der Waals surface area contributed by atoms with E-state index in [1.807, 2.05) is 12.1 Å². The van der Waals surface area contributed by atoms with Crippen LogP contribution >= 0.6 is 0 Å². The number of phenols is 1. The Morgan fingerprint density at radius 1 is 1.17 bits per heavy atom. The Kier molecular flexibility index (Phi) is 7.07. The molecule has 0 saturated carbocycles. The largest absolute Gasteiger partial charge is 0.508 e. The number of nitrogens with one attached hydrogen (secondary N) is 4. The zero-order valence-corrected chi connectivity index (χ0v) is 19.5.